The Balaban J connectivity index is 4.31. The van der Waals surface area contributed by atoms with Crippen molar-refractivity contribution in [2.75, 3.05) is 6.17 Å². The van der Waals surface area contributed by atoms with Crippen LogP contribution in [0, 0.1) is 0 Å². The van der Waals surface area contributed by atoms with Crippen molar-refractivity contribution in [2.45, 2.75) is 59.4 Å². The molecule has 2 nitrogen and oxygen atoms in total. The Bertz CT molecular complexity index is 180. The minimum Gasteiger partial charge on any atom is -0.363 e. The highest BCUT2D eigenvalue weighted by molar-refractivity contribution is 6.76. The summed E-state index contributed by atoms with van der Waals surface area (Å²) >= 11 is 0. The summed E-state index contributed by atoms with van der Waals surface area (Å²) in [5.41, 5.74) is 0. The molecule has 0 unspecified atom stereocenters. The molecule has 0 radical (unpaired) electrons. The quantitative estimate of drug-likeness (QED) is 0.390. The molecule has 0 saturated carbocycles. The van der Waals surface area contributed by atoms with Crippen molar-refractivity contribution in [2.24, 2.45) is 4.99 Å². The van der Waals surface area contributed by atoms with E-state index in [2.05, 4.69) is 57.2 Å². The molecule has 14 heavy (non-hydrogen) atoms. The molecule has 0 rings (SSSR count). The van der Waals surface area contributed by atoms with Gasteiger partial charge in [-0.15, -0.1) is 0 Å². The van der Waals surface area contributed by atoms with Crippen LogP contribution in [0.25, 0.3) is 0 Å². The van der Waals surface area contributed by atoms with E-state index >= 15 is 0 Å². The van der Waals surface area contributed by atoms with Gasteiger partial charge < -0.3 is 4.90 Å². The summed E-state index contributed by atoms with van der Waals surface area (Å²) in [7, 11) is -1.02. The largest absolute Gasteiger partial charge is 0.363 e. The summed E-state index contributed by atoms with van der Waals surface area (Å²) in [6, 6.07) is 0.960. The molecule has 0 aliphatic carbocycles. The highest BCUT2D eigenvalue weighted by Gasteiger charge is 2.18. The van der Waals surface area contributed by atoms with Gasteiger partial charge in [-0.2, -0.15) is 0 Å². The molecule has 0 aromatic heterocycles. The molecule has 0 bridgehead atoms. The number of aliphatic imine (C=N–C) groups is 1. The smallest absolute Gasteiger partial charge is 0.0852 e. The summed E-state index contributed by atoms with van der Waals surface area (Å²) in [5.74, 6) is 0. The minimum absolute atomic E-state index is 0.401. The van der Waals surface area contributed by atoms with Crippen molar-refractivity contribution >= 4 is 14.4 Å². The van der Waals surface area contributed by atoms with Crippen LogP contribution in [-0.2, 0) is 0 Å². The Hall–Kier alpha value is -0.313. The molecule has 0 aromatic carbocycles. The van der Waals surface area contributed by atoms with E-state index in [9.17, 15) is 0 Å². The van der Waals surface area contributed by atoms with Gasteiger partial charge in [0.25, 0.3) is 0 Å². The molecule has 0 atom stereocenters. The average Bonchev–Trinajstić information content (AvgIpc) is 1.94. The number of hydrogen-bond donors (Lipinski definition) is 0. The first-order chi connectivity index (χ1) is 6.22. The summed E-state index contributed by atoms with van der Waals surface area (Å²) in [6.45, 7) is 15.9. The predicted octanol–water partition coefficient (Wildman–Crippen LogP) is 3.01. The van der Waals surface area contributed by atoms with Gasteiger partial charge in [0.05, 0.1) is 14.4 Å². The van der Waals surface area contributed by atoms with E-state index < -0.39 is 8.07 Å². The highest BCUT2D eigenvalue weighted by atomic mass is 28.3. The Morgan fingerprint density at radius 1 is 1.14 bits per heavy atom. The Kier molecular flexibility index (Phi) is 5.42. The lowest BCUT2D eigenvalue weighted by atomic mass is 10.4. The van der Waals surface area contributed by atoms with Gasteiger partial charge in [-0.3, -0.25) is 4.99 Å². The zero-order valence-electron chi connectivity index (χ0n) is 10.8. The zero-order chi connectivity index (χ0) is 11.4. The van der Waals surface area contributed by atoms with Gasteiger partial charge in [0, 0.05) is 18.3 Å². The van der Waals surface area contributed by atoms with Crippen LogP contribution in [-0.4, -0.2) is 37.6 Å². The lowest BCUT2D eigenvalue weighted by Gasteiger charge is -2.30. The topological polar surface area (TPSA) is 15.6 Å². The second-order valence-corrected chi connectivity index (χ2v) is 11.1. The standard InChI is InChI=1S/C11H26N2Si/c1-10(2)12-8-13(11(3)4)9-14(5,6)7/h8,10-11H,9H2,1-7H3. The van der Waals surface area contributed by atoms with Crippen molar-refractivity contribution in [3.05, 3.63) is 0 Å². The molecule has 3 heteroatoms. The van der Waals surface area contributed by atoms with Crippen molar-refractivity contribution in [3.8, 4) is 0 Å². The van der Waals surface area contributed by atoms with E-state index in [1.165, 1.54) is 6.17 Å². The molecule has 0 aromatic rings. The second kappa shape index (κ2) is 5.54. The summed E-state index contributed by atoms with van der Waals surface area (Å²) in [4.78, 5) is 6.82. The molecular formula is C11H26N2Si. The molecule has 0 N–H and O–H groups in total. The first-order valence-electron chi connectivity index (χ1n) is 5.51. The number of rotatable bonds is 5. The molecule has 0 aliphatic rings. The minimum atomic E-state index is -1.02. The van der Waals surface area contributed by atoms with Crippen molar-refractivity contribution < 1.29 is 0 Å². The SMILES string of the molecule is CC(C)N=CN(C[Si](C)(C)C)C(C)C. The predicted molar refractivity (Wildman–Crippen MR) is 68.8 cm³/mol. The Morgan fingerprint density at radius 3 is 1.93 bits per heavy atom. The van der Waals surface area contributed by atoms with E-state index in [0.29, 0.717) is 12.1 Å². The van der Waals surface area contributed by atoms with E-state index in [1.54, 1.807) is 0 Å². The fraction of sp³-hybridized carbons (Fsp3) is 0.909. The zero-order valence-corrected chi connectivity index (χ0v) is 11.8. The number of nitrogens with zero attached hydrogens (tertiary/aromatic N) is 2. The summed E-state index contributed by atoms with van der Waals surface area (Å²) in [6.07, 6.45) is 3.23. The highest BCUT2D eigenvalue weighted by Crippen LogP contribution is 2.06. The normalized spacial score (nSPS) is 13.2. The van der Waals surface area contributed by atoms with E-state index in [4.69, 9.17) is 0 Å². The van der Waals surface area contributed by atoms with Gasteiger partial charge in [0.2, 0.25) is 0 Å². The van der Waals surface area contributed by atoms with E-state index in [-0.39, 0.29) is 0 Å². The first-order valence-corrected chi connectivity index (χ1v) is 9.22. The van der Waals surface area contributed by atoms with Crippen molar-refractivity contribution in [1.82, 2.24) is 4.90 Å². The van der Waals surface area contributed by atoms with Crippen LogP contribution >= 0.6 is 0 Å². The number of hydrogen-bond acceptors (Lipinski definition) is 1. The maximum absolute atomic E-state index is 4.45. The maximum atomic E-state index is 4.45. The monoisotopic (exact) mass is 214 g/mol. The summed E-state index contributed by atoms with van der Waals surface area (Å²) < 4.78 is 0. The molecule has 0 spiro atoms. The van der Waals surface area contributed by atoms with Gasteiger partial charge in [-0.05, 0) is 27.7 Å². The third kappa shape index (κ3) is 7.13. The first kappa shape index (κ1) is 13.7. The Labute approximate surface area is 90.4 Å². The molecule has 84 valence electrons. The van der Waals surface area contributed by atoms with Crippen LogP contribution in [0.5, 0.6) is 0 Å². The van der Waals surface area contributed by atoms with Crippen LogP contribution in [0.2, 0.25) is 19.6 Å². The maximum Gasteiger partial charge on any atom is 0.0852 e. The molecule has 0 saturated heterocycles. The lowest BCUT2D eigenvalue weighted by Crippen LogP contribution is -2.43. The molecule has 0 amide bonds. The fourth-order valence-corrected chi connectivity index (χ4v) is 2.67. The Morgan fingerprint density at radius 2 is 1.64 bits per heavy atom. The van der Waals surface area contributed by atoms with Gasteiger partial charge in [-0.1, -0.05) is 19.6 Å². The molecule has 0 heterocycles. The third-order valence-electron chi connectivity index (χ3n) is 1.83. The molecule has 0 fully saturated rings. The summed E-state index contributed by atoms with van der Waals surface area (Å²) in [5, 5.41) is 0. The van der Waals surface area contributed by atoms with Gasteiger partial charge in [-0.25, -0.2) is 0 Å². The van der Waals surface area contributed by atoms with Crippen LogP contribution in [0.4, 0.5) is 0 Å². The van der Waals surface area contributed by atoms with E-state index in [0.717, 1.165) is 0 Å². The van der Waals surface area contributed by atoms with Crippen molar-refractivity contribution in [1.29, 1.82) is 0 Å². The van der Waals surface area contributed by atoms with Gasteiger partial charge in [0.1, 0.15) is 0 Å². The van der Waals surface area contributed by atoms with Crippen LogP contribution in [0.3, 0.4) is 0 Å². The van der Waals surface area contributed by atoms with E-state index in [1.807, 2.05) is 6.34 Å². The van der Waals surface area contributed by atoms with Gasteiger partial charge in [0.15, 0.2) is 0 Å². The van der Waals surface area contributed by atoms with Crippen LogP contribution in [0.15, 0.2) is 4.99 Å². The molecular weight excluding hydrogens is 188 g/mol. The fourth-order valence-electron chi connectivity index (χ4n) is 1.12. The van der Waals surface area contributed by atoms with Crippen molar-refractivity contribution in [3.63, 3.8) is 0 Å². The third-order valence-corrected chi connectivity index (χ3v) is 3.15. The van der Waals surface area contributed by atoms with Crippen LogP contribution < -0.4 is 0 Å². The molecule has 0 aliphatic heterocycles. The average molecular weight is 214 g/mol. The lowest BCUT2D eigenvalue weighted by molar-refractivity contribution is 0.402. The van der Waals surface area contributed by atoms with Crippen LogP contribution in [0.1, 0.15) is 27.7 Å². The van der Waals surface area contributed by atoms with Gasteiger partial charge >= 0.3 is 0 Å². The second-order valence-electron chi connectivity index (χ2n) is 5.69.